The average molecular weight is 325 g/mol. The normalized spacial score (nSPS) is 11.0. The third kappa shape index (κ3) is 2.74. The van der Waals surface area contributed by atoms with E-state index in [1.165, 1.54) is 29.5 Å². The molecule has 0 aliphatic rings. The molecule has 0 fully saturated rings. The maximum Gasteiger partial charge on any atom is 0.256 e. The first-order valence-corrected chi connectivity index (χ1v) is 7.28. The summed E-state index contributed by atoms with van der Waals surface area (Å²) < 4.78 is 15.3. The van der Waals surface area contributed by atoms with Crippen LogP contribution in [0.2, 0.25) is 5.02 Å². The van der Waals surface area contributed by atoms with E-state index in [9.17, 15) is 9.18 Å². The van der Waals surface area contributed by atoms with Crippen LogP contribution in [0.25, 0.3) is 4.96 Å². The van der Waals surface area contributed by atoms with Crippen molar-refractivity contribution in [3.05, 3.63) is 51.5 Å². The molecule has 1 aromatic carbocycles. The van der Waals surface area contributed by atoms with Crippen LogP contribution in [-0.2, 0) is 6.54 Å². The number of benzene rings is 1. The van der Waals surface area contributed by atoms with Gasteiger partial charge in [-0.1, -0.05) is 29.0 Å². The molecule has 0 unspecified atom stereocenters. The second kappa shape index (κ2) is 5.42. The number of amides is 1. The highest BCUT2D eigenvalue weighted by Crippen LogP contribution is 2.19. The fourth-order valence-corrected chi connectivity index (χ4v) is 2.90. The quantitative estimate of drug-likeness (QED) is 0.806. The van der Waals surface area contributed by atoms with E-state index in [2.05, 4.69) is 15.4 Å². The number of nitrogens with one attached hydrogen (secondary N) is 1. The summed E-state index contributed by atoms with van der Waals surface area (Å²) >= 11 is 7.30. The van der Waals surface area contributed by atoms with Gasteiger partial charge in [0, 0.05) is 0 Å². The number of carbonyl (C=O) groups is 1. The molecule has 1 amide bonds. The number of imidazole rings is 1. The van der Waals surface area contributed by atoms with Gasteiger partial charge < -0.3 is 5.32 Å². The van der Waals surface area contributed by atoms with Gasteiger partial charge in [-0.15, -0.1) is 0 Å². The molecule has 0 radical (unpaired) electrons. The van der Waals surface area contributed by atoms with Crippen LogP contribution in [-0.4, -0.2) is 20.5 Å². The van der Waals surface area contributed by atoms with Gasteiger partial charge in [-0.25, -0.2) is 13.9 Å². The van der Waals surface area contributed by atoms with Crippen molar-refractivity contribution in [3.63, 3.8) is 0 Å². The predicted octanol–water partition coefficient (Wildman–Crippen LogP) is 2.82. The largest absolute Gasteiger partial charge is 0.346 e. The maximum atomic E-state index is 13.6. The van der Waals surface area contributed by atoms with Gasteiger partial charge in [-0.05, 0) is 19.1 Å². The van der Waals surface area contributed by atoms with Crippen LogP contribution in [0.3, 0.4) is 0 Å². The van der Waals surface area contributed by atoms with Gasteiger partial charge in [-0.3, -0.25) is 4.79 Å². The molecular formula is C13H10ClFN4OS. The molecule has 0 spiro atoms. The summed E-state index contributed by atoms with van der Waals surface area (Å²) in [5, 5.41) is 7.81. The van der Waals surface area contributed by atoms with E-state index in [1.54, 1.807) is 10.7 Å². The molecule has 1 N–H and O–H groups in total. The molecule has 108 valence electrons. The smallest absolute Gasteiger partial charge is 0.256 e. The van der Waals surface area contributed by atoms with Gasteiger partial charge in [0.1, 0.15) is 10.8 Å². The summed E-state index contributed by atoms with van der Waals surface area (Å²) in [7, 11) is 0. The molecule has 0 saturated heterocycles. The molecule has 0 atom stereocenters. The molecule has 3 aromatic rings. The van der Waals surface area contributed by atoms with Gasteiger partial charge in [0.15, 0.2) is 0 Å². The van der Waals surface area contributed by atoms with Crippen LogP contribution < -0.4 is 5.32 Å². The Hall–Kier alpha value is -1.99. The van der Waals surface area contributed by atoms with E-state index >= 15 is 0 Å². The molecule has 0 aliphatic heterocycles. The Morgan fingerprint density at radius 3 is 3.05 bits per heavy atom. The van der Waals surface area contributed by atoms with Crippen LogP contribution in [0.15, 0.2) is 24.4 Å². The predicted molar refractivity (Wildman–Crippen MR) is 78.2 cm³/mol. The summed E-state index contributed by atoms with van der Waals surface area (Å²) in [6.45, 7) is 2.07. The fourth-order valence-electron chi connectivity index (χ4n) is 1.90. The van der Waals surface area contributed by atoms with E-state index in [0.717, 1.165) is 9.97 Å². The van der Waals surface area contributed by atoms with Crippen molar-refractivity contribution < 1.29 is 9.18 Å². The van der Waals surface area contributed by atoms with Crippen LogP contribution in [0.1, 0.15) is 21.1 Å². The molecule has 0 bridgehead atoms. The van der Waals surface area contributed by atoms with E-state index in [0.29, 0.717) is 5.69 Å². The number of fused-ring (bicyclic) bond motifs is 1. The number of carbonyl (C=O) groups excluding carboxylic acids is 1. The van der Waals surface area contributed by atoms with Gasteiger partial charge in [0.25, 0.3) is 5.91 Å². The standard InChI is InChI=1S/C13H10ClFN4OS/c1-7-18-19-6-8(17-13(19)21-7)5-16-12(20)11-9(14)3-2-4-10(11)15/h2-4,6H,5H2,1H3,(H,16,20). The topological polar surface area (TPSA) is 59.3 Å². The lowest BCUT2D eigenvalue weighted by atomic mass is 10.2. The maximum absolute atomic E-state index is 13.6. The molecular weight excluding hydrogens is 315 g/mol. The van der Waals surface area contributed by atoms with E-state index < -0.39 is 11.7 Å². The fraction of sp³-hybridized carbons (Fsp3) is 0.154. The molecule has 2 heterocycles. The highest BCUT2D eigenvalue weighted by Gasteiger charge is 2.16. The minimum Gasteiger partial charge on any atom is -0.346 e. The number of hydrogen-bond acceptors (Lipinski definition) is 4. The van der Waals surface area contributed by atoms with Crippen LogP contribution in [0.4, 0.5) is 4.39 Å². The van der Waals surface area contributed by atoms with Crippen molar-refractivity contribution in [2.24, 2.45) is 0 Å². The number of halogens is 2. The van der Waals surface area contributed by atoms with Crippen molar-refractivity contribution in [2.45, 2.75) is 13.5 Å². The summed E-state index contributed by atoms with van der Waals surface area (Å²) in [4.78, 5) is 17.1. The zero-order chi connectivity index (χ0) is 15.0. The van der Waals surface area contributed by atoms with Crippen molar-refractivity contribution in [2.75, 3.05) is 0 Å². The molecule has 3 rings (SSSR count). The molecule has 0 aliphatic carbocycles. The second-order valence-corrected chi connectivity index (χ2v) is 5.93. The van der Waals surface area contributed by atoms with E-state index in [-0.39, 0.29) is 17.1 Å². The Bertz CT molecular complexity index is 777. The zero-order valence-corrected chi connectivity index (χ0v) is 12.5. The number of rotatable bonds is 3. The number of nitrogens with zero attached hydrogens (tertiary/aromatic N) is 3. The summed E-state index contributed by atoms with van der Waals surface area (Å²) in [5.74, 6) is -1.22. The summed E-state index contributed by atoms with van der Waals surface area (Å²) in [6.07, 6.45) is 1.72. The van der Waals surface area contributed by atoms with Crippen molar-refractivity contribution in [3.8, 4) is 0 Å². The minimum atomic E-state index is -0.650. The lowest BCUT2D eigenvalue weighted by Gasteiger charge is -2.06. The number of hydrogen-bond donors (Lipinski definition) is 1. The zero-order valence-electron chi connectivity index (χ0n) is 10.9. The average Bonchev–Trinajstić information content (AvgIpc) is 2.92. The Balaban J connectivity index is 1.74. The highest BCUT2D eigenvalue weighted by molar-refractivity contribution is 7.16. The summed E-state index contributed by atoms with van der Waals surface area (Å²) in [5.41, 5.74) is 0.490. The van der Waals surface area contributed by atoms with Crippen molar-refractivity contribution >= 4 is 33.8 Å². The van der Waals surface area contributed by atoms with E-state index in [1.807, 2.05) is 6.92 Å². The third-order valence-electron chi connectivity index (χ3n) is 2.81. The minimum absolute atomic E-state index is 0.0793. The van der Waals surface area contributed by atoms with Crippen LogP contribution >= 0.6 is 22.9 Å². The molecule has 2 aromatic heterocycles. The lowest BCUT2D eigenvalue weighted by Crippen LogP contribution is -2.24. The van der Waals surface area contributed by atoms with Gasteiger partial charge >= 0.3 is 0 Å². The third-order valence-corrected chi connectivity index (χ3v) is 3.97. The lowest BCUT2D eigenvalue weighted by molar-refractivity contribution is 0.0946. The van der Waals surface area contributed by atoms with E-state index in [4.69, 9.17) is 11.6 Å². The van der Waals surface area contributed by atoms with Crippen LogP contribution in [0.5, 0.6) is 0 Å². The first-order chi connectivity index (χ1) is 10.0. The summed E-state index contributed by atoms with van der Waals surface area (Å²) in [6, 6.07) is 4.12. The Morgan fingerprint density at radius 2 is 2.33 bits per heavy atom. The molecule has 8 heteroatoms. The van der Waals surface area contributed by atoms with Crippen LogP contribution in [0, 0.1) is 12.7 Å². The van der Waals surface area contributed by atoms with Gasteiger partial charge in [0.2, 0.25) is 4.96 Å². The van der Waals surface area contributed by atoms with Gasteiger partial charge in [0.05, 0.1) is 29.0 Å². The first kappa shape index (κ1) is 14.0. The number of aromatic nitrogens is 3. The Labute approximate surface area is 128 Å². The first-order valence-electron chi connectivity index (χ1n) is 6.08. The molecule has 21 heavy (non-hydrogen) atoms. The number of aryl methyl sites for hydroxylation is 1. The second-order valence-electron chi connectivity index (χ2n) is 4.36. The SMILES string of the molecule is Cc1nn2cc(CNC(=O)c3c(F)cccc3Cl)nc2s1. The van der Waals surface area contributed by atoms with Gasteiger partial charge in [-0.2, -0.15) is 5.10 Å². The van der Waals surface area contributed by atoms with Crippen molar-refractivity contribution in [1.29, 1.82) is 0 Å². The monoisotopic (exact) mass is 324 g/mol. The Morgan fingerprint density at radius 1 is 1.52 bits per heavy atom. The van der Waals surface area contributed by atoms with Crippen molar-refractivity contribution in [1.82, 2.24) is 19.9 Å². The highest BCUT2D eigenvalue weighted by atomic mass is 35.5. The Kier molecular flexibility index (Phi) is 3.60. The molecule has 0 saturated carbocycles. The molecule has 5 nitrogen and oxygen atoms in total.